The number of nitrogens with one attached hydrogen (secondary N) is 1. The number of carbonyl (C=O) groups excluding carboxylic acids is 1. The summed E-state index contributed by atoms with van der Waals surface area (Å²) in [5.74, 6) is 2.50. The normalized spacial score (nSPS) is 15.2. The van der Waals surface area contributed by atoms with Crippen molar-refractivity contribution in [1.82, 2.24) is 20.4 Å². The maximum absolute atomic E-state index is 12.1. The highest BCUT2D eigenvalue weighted by molar-refractivity contribution is 7.12. The first-order valence-electron chi connectivity index (χ1n) is 8.24. The zero-order chi connectivity index (χ0) is 17.5. The Labute approximate surface area is 152 Å². The number of hydrogen-bond acceptors (Lipinski definition) is 8. The minimum Gasteiger partial charge on any atom is -0.454 e. The first-order chi connectivity index (χ1) is 12.8. The summed E-state index contributed by atoms with van der Waals surface area (Å²) in [5, 5.41) is 9.02. The molecule has 0 atom stereocenters. The summed E-state index contributed by atoms with van der Waals surface area (Å²) in [5.41, 5.74) is 1.24. The molecule has 0 bridgehead atoms. The van der Waals surface area contributed by atoms with E-state index in [1.54, 1.807) is 17.5 Å². The van der Waals surface area contributed by atoms with Gasteiger partial charge in [-0.1, -0.05) is 5.16 Å². The topological polar surface area (TPSA) is 99.4 Å². The predicted octanol–water partition coefficient (Wildman–Crippen LogP) is 2.73. The Hall–Kier alpha value is -2.94. The molecule has 9 heteroatoms. The third-order valence-corrected chi connectivity index (χ3v) is 5.06. The molecule has 5 rings (SSSR count). The highest BCUT2D eigenvalue weighted by Gasteiger charge is 2.23. The number of aromatic nitrogens is 3. The molecule has 0 radical (unpaired) electrons. The van der Waals surface area contributed by atoms with E-state index in [-0.39, 0.29) is 18.6 Å². The van der Waals surface area contributed by atoms with Crippen LogP contribution in [0.15, 0.2) is 28.1 Å². The number of carbonyl (C=O) groups is 1. The molecule has 0 unspecified atom stereocenters. The van der Waals surface area contributed by atoms with Crippen molar-refractivity contribution < 1.29 is 18.8 Å². The molecule has 8 nitrogen and oxygen atoms in total. The smallest absolute Gasteiger partial charge is 0.280 e. The molecule has 1 saturated carbocycles. The van der Waals surface area contributed by atoms with Crippen LogP contribution in [0.3, 0.4) is 0 Å². The van der Waals surface area contributed by atoms with E-state index in [1.165, 1.54) is 24.2 Å². The Kier molecular flexibility index (Phi) is 3.59. The van der Waals surface area contributed by atoms with Crippen LogP contribution in [0, 0.1) is 5.92 Å². The fraction of sp³-hybridized carbons (Fsp3) is 0.294. The third kappa shape index (κ3) is 2.90. The number of hydrogen-bond donors (Lipinski definition) is 1. The summed E-state index contributed by atoms with van der Waals surface area (Å²) in [7, 11) is 0. The largest absolute Gasteiger partial charge is 0.454 e. The van der Waals surface area contributed by atoms with E-state index in [2.05, 4.69) is 20.4 Å². The van der Waals surface area contributed by atoms with E-state index in [0.717, 1.165) is 5.56 Å². The highest BCUT2D eigenvalue weighted by atomic mass is 32.1. The van der Waals surface area contributed by atoms with Crippen LogP contribution in [-0.4, -0.2) is 34.4 Å². The van der Waals surface area contributed by atoms with Crippen molar-refractivity contribution in [2.24, 2.45) is 5.92 Å². The van der Waals surface area contributed by atoms with Gasteiger partial charge in [0.25, 0.3) is 11.8 Å². The first kappa shape index (κ1) is 15.3. The summed E-state index contributed by atoms with van der Waals surface area (Å²) in [6, 6.07) is 5.44. The minimum atomic E-state index is -0.163. The Morgan fingerprint density at radius 3 is 3.00 bits per heavy atom. The molecule has 1 aliphatic heterocycles. The molecule has 3 aromatic rings. The number of rotatable bonds is 5. The summed E-state index contributed by atoms with van der Waals surface area (Å²) in [6.45, 7) is 0.920. The molecule has 2 aromatic heterocycles. The van der Waals surface area contributed by atoms with Crippen LogP contribution >= 0.6 is 11.3 Å². The lowest BCUT2D eigenvalue weighted by molar-refractivity contribution is 0.0951. The Morgan fingerprint density at radius 2 is 2.12 bits per heavy atom. The number of thiazole rings is 1. The number of amides is 1. The molecule has 1 amide bonds. The SMILES string of the molecule is O=C(NCC1CC1)c1nc(-c2nc(-c3ccc4c(c3)OCO4)no2)cs1. The van der Waals surface area contributed by atoms with Crippen molar-refractivity contribution in [1.29, 1.82) is 0 Å². The van der Waals surface area contributed by atoms with Crippen LogP contribution in [0.4, 0.5) is 0 Å². The fourth-order valence-electron chi connectivity index (χ4n) is 2.59. The number of fused-ring (bicyclic) bond motifs is 1. The molecule has 1 N–H and O–H groups in total. The van der Waals surface area contributed by atoms with Gasteiger partial charge in [-0.2, -0.15) is 4.98 Å². The van der Waals surface area contributed by atoms with E-state index >= 15 is 0 Å². The minimum absolute atomic E-state index is 0.163. The van der Waals surface area contributed by atoms with Crippen molar-refractivity contribution in [3.8, 4) is 34.5 Å². The van der Waals surface area contributed by atoms with Crippen molar-refractivity contribution in [3.05, 3.63) is 28.6 Å². The maximum Gasteiger partial charge on any atom is 0.280 e. The molecule has 1 aliphatic carbocycles. The Bertz CT molecular complexity index is 979. The van der Waals surface area contributed by atoms with Crippen LogP contribution in [0.1, 0.15) is 22.6 Å². The molecule has 1 aromatic carbocycles. The highest BCUT2D eigenvalue weighted by Crippen LogP contribution is 2.35. The van der Waals surface area contributed by atoms with Gasteiger partial charge < -0.3 is 19.3 Å². The molecular weight excluding hydrogens is 356 g/mol. The summed E-state index contributed by atoms with van der Waals surface area (Å²) in [4.78, 5) is 20.8. The fourth-order valence-corrected chi connectivity index (χ4v) is 3.30. The summed E-state index contributed by atoms with van der Waals surface area (Å²) < 4.78 is 16.0. The average molecular weight is 370 g/mol. The van der Waals surface area contributed by atoms with Gasteiger partial charge in [-0.25, -0.2) is 4.98 Å². The van der Waals surface area contributed by atoms with Gasteiger partial charge in [0, 0.05) is 17.5 Å². The van der Waals surface area contributed by atoms with Gasteiger partial charge >= 0.3 is 0 Å². The van der Waals surface area contributed by atoms with Crippen LogP contribution in [0.5, 0.6) is 11.5 Å². The van der Waals surface area contributed by atoms with E-state index in [4.69, 9.17) is 14.0 Å². The Morgan fingerprint density at radius 1 is 1.23 bits per heavy atom. The molecule has 26 heavy (non-hydrogen) atoms. The number of benzene rings is 1. The Balaban J connectivity index is 1.34. The molecular formula is C17H14N4O4S. The van der Waals surface area contributed by atoms with Gasteiger partial charge in [0.2, 0.25) is 12.6 Å². The van der Waals surface area contributed by atoms with Gasteiger partial charge in [0.15, 0.2) is 16.5 Å². The first-order valence-corrected chi connectivity index (χ1v) is 9.12. The van der Waals surface area contributed by atoms with Crippen LogP contribution in [0.2, 0.25) is 0 Å². The summed E-state index contributed by atoms with van der Waals surface area (Å²) >= 11 is 1.26. The molecule has 0 spiro atoms. The summed E-state index contributed by atoms with van der Waals surface area (Å²) in [6.07, 6.45) is 2.38. The van der Waals surface area contributed by atoms with E-state index in [9.17, 15) is 4.79 Å². The van der Waals surface area contributed by atoms with E-state index in [0.29, 0.717) is 40.5 Å². The number of nitrogens with zero attached hydrogens (tertiary/aromatic N) is 3. The zero-order valence-electron chi connectivity index (χ0n) is 13.6. The molecule has 2 aliphatic rings. The second-order valence-corrected chi connectivity index (χ2v) is 7.04. The van der Waals surface area contributed by atoms with Gasteiger partial charge in [0.05, 0.1) is 0 Å². The molecule has 0 saturated heterocycles. The molecule has 3 heterocycles. The lowest BCUT2D eigenvalue weighted by atomic mass is 10.2. The zero-order valence-corrected chi connectivity index (χ0v) is 14.4. The van der Waals surface area contributed by atoms with Crippen molar-refractivity contribution >= 4 is 17.2 Å². The van der Waals surface area contributed by atoms with Gasteiger partial charge in [-0.15, -0.1) is 11.3 Å². The van der Waals surface area contributed by atoms with E-state index in [1.807, 2.05) is 6.07 Å². The lowest BCUT2D eigenvalue weighted by Gasteiger charge is -1.99. The lowest BCUT2D eigenvalue weighted by Crippen LogP contribution is -2.25. The quantitative estimate of drug-likeness (QED) is 0.737. The second-order valence-electron chi connectivity index (χ2n) is 6.18. The van der Waals surface area contributed by atoms with Crippen LogP contribution in [0.25, 0.3) is 23.0 Å². The number of ether oxygens (including phenoxy) is 2. The average Bonchev–Trinajstić information content (AvgIpc) is 3.10. The predicted molar refractivity (Wildman–Crippen MR) is 92.0 cm³/mol. The third-order valence-electron chi connectivity index (χ3n) is 4.22. The second kappa shape index (κ2) is 6.10. The van der Waals surface area contributed by atoms with Gasteiger partial charge in [0.1, 0.15) is 5.69 Å². The van der Waals surface area contributed by atoms with Crippen LogP contribution in [-0.2, 0) is 0 Å². The van der Waals surface area contributed by atoms with Crippen molar-refractivity contribution in [2.75, 3.05) is 13.3 Å². The molecule has 132 valence electrons. The maximum atomic E-state index is 12.1. The van der Waals surface area contributed by atoms with Gasteiger partial charge in [-0.3, -0.25) is 4.79 Å². The standard InChI is InChI=1S/C17H14N4O4S/c22-15(18-6-9-1-2-9)17-19-11(7-26-17)16-20-14(21-25-16)10-3-4-12-13(5-10)24-8-23-12/h3-5,7,9H,1-2,6,8H2,(H,18,22). The van der Waals surface area contributed by atoms with Crippen molar-refractivity contribution in [3.63, 3.8) is 0 Å². The van der Waals surface area contributed by atoms with Crippen molar-refractivity contribution in [2.45, 2.75) is 12.8 Å². The van der Waals surface area contributed by atoms with Crippen LogP contribution < -0.4 is 14.8 Å². The van der Waals surface area contributed by atoms with E-state index < -0.39 is 0 Å². The van der Waals surface area contributed by atoms with Gasteiger partial charge in [-0.05, 0) is 37.0 Å². The monoisotopic (exact) mass is 370 g/mol. The molecule has 1 fully saturated rings.